The maximum Gasteiger partial charge on any atom is 0.303 e. The standard InChI is InChI=1S/C21H20BrNO2/c1-14-11-15(2)13-19(12-14)23-18(8-10-21(24)25)7-9-20(23)16-3-5-17(22)6-4-16/h3-7,9,11-13H,8,10H2,1-2H3,(H,24,25). The van der Waals surface area contributed by atoms with Crippen molar-refractivity contribution in [1.29, 1.82) is 0 Å². The van der Waals surface area contributed by atoms with Crippen LogP contribution in [0.25, 0.3) is 16.9 Å². The second-order valence-corrected chi connectivity index (χ2v) is 7.21. The van der Waals surface area contributed by atoms with Gasteiger partial charge in [0.25, 0.3) is 0 Å². The van der Waals surface area contributed by atoms with E-state index in [1.807, 2.05) is 18.2 Å². The lowest BCUT2D eigenvalue weighted by molar-refractivity contribution is -0.136. The van der Waals surface area contributed by atoms with Crippen LogP contribution in [-0.2, 0) is 11.2 Å². The van der Waals surface area contributed by atoms with E-state index < -0.39 is 5.97 Å². The largest absolute Gasteiger partial charge is 0.481 e. The molecule has 128 valence electrons. The van der Waals surface area contributed by atoms with Crippen molar-refractivity contribution in [3.05, 3.63) is 75.9 Å². The van der Waals surface area contributed by atoms with Crippen LogP contribution in [0.1, 0.15) is 23.2 Å². The number of hydrogen-bond acceptors (Lipinski definition) is 1. The fourth-order valence-corrected chi connectivity index (χ4v) is 3.40. The summed E-state index contributed by atoms with van der Waals surface area (Å²) in [6.45, 7) is 4.16. The second-order valence-electron chi connectivity index (χ2n) is 6.29. The number of aromatic nitrogens is 1. The van der Waals surface area contributed by atoms with Crippen molar-refractivity contribution in [2.75, 3.05) is 0 Å². The first-order valence-electron chi connectivity index (χ1n) is 8.21. The summed E-state index contributed by atoms with van der Waals surface area (Å²) in [5.74, 6) is -0.779. The number of carbonyl (C=O) groups is 1. The first-order valence-corrected chi connectivity index (χ1v) is 9.00. The average Bonchev–Trinajstić information content (AvgIpc) is 2.96. The normalized spacial score (nSPS) is 10.8. The fourth-order valence-electron chi connectivity index (χ4n) is 3.14. The Labute approximate surface area is 156 Å². The number of carboxylic acid groups (broad SMARTS) is 1. The van der Waals surface area contributed by atoms with Crippen LogP contribution in [0.4, 0.5) is 0 Å². The summed E-state index contributed by atoms with van der Waals surface area (Å²) in [5.41, 5.74) is 6.62. The van der Waals surface area contributed by atoms with Crippen LogP contribution in [0.15, 0.2) is 59.1 Å². The molecule has 0 saturated heterocycles. The topological polar surface area (TPSA) is 42.2 Å². The number of rotatable bonds is 5. The van der Waals surface area contributed by atoms with Crippen LogP contribution in [-0.4, -0.2) is 15.6 Å². The van der Waals surface area contributed by atoms with Crippen LogP contribution in [0.3, 0.4) is 0 Å². The zero-order chi connectivity index (χ0) is 18.0. The minimum atomic E-state index is -0.779. The van der Waals surface area contributed by atoms with Crippen LogP contribution in [0.2, 0.25) is 0 Å². The second kappa shape index (κ2) is 7.28. The van der Waals surface area contributed by atoms with E-state index in [9.17, 15) is 4.79 Å². The molecule has 1 N–H and O–H groups in total. The molecule has 4 heteroatoms. The Bertz CT molecular complexity index is 890. The summed E-state index contributed by atoms with van der Waals surface area (Å²) in [6.07, 6.45) is 0.618. The number of hydrogen-bond donors (Lipinski definition) is 1. The molecule has 0 fully saturated rings. The molecule has 0 spiro atoms. The van der Waals surface area contributed by atoms with Crippen LogP contribution in [0, 0.1) is 13.8 Å². The highest BCUT2D eigenvalue weighted by atomic mass is 79.9. The molecule has 0 radical (unpaired) electrons. The molecule has 3 aromatic rings. The molecule has 0 amide bonds. The predicted octanol–water partition coefficient (Wildman–Crippen LogP) is 5.54. The van der Waals surface area contributed by atoms with Gasteiger partial charge in [-0.2, -0.15) is 0 Å². The minimum Gasteiger partial charge on any atom is -0.481 e. The Morgan fingerprint density at radius 1 is 1.00 bits per heavy atom. The Balaban J connectivity index is 2.15. The van der Waals surface area contributed by atoms with E-state index in [1.165, 1.54) is 11.1 Å². The van der Waals surface area contributed by atoms with E-state index in [1.54, 1.807) is 0 Å². The predicted molar refractivity (Wildman–Crippen MR) is 104 cm³/mol. The third-order valence-electron chi connectivity index (χ3n) is 4.16. The monoisotopic (exact) mass is 397 g/mol. The molecule has 3 nitrogen and oxygen atoms in total. The highest BCUT2D eigenvalue weighted by molar-refractivity contribution is 9.10. The molecule has 25 heavy (non-hydrogen) atoms. The quantitative estimate of drug-likeness (QED) is 0.613. The van der Waals surface area contributed by atoms with Gasteiger partial charge in [0.2, 0.25) is 0 Å². The molecule has 1 aromatic heterocycles. The lowest BCUT2D eigenvalue weighted by Crippen LogP contribution is -2.06. The van der Waals surface area contributed by atoms with Gasteiger partial charge in [-0.3, -0.25) is 4.79 Å². The number of aryl methyl sites for hydroxylation is 3. The molecule has 0 bridgehead atoms. The minimum absolute atomic E-state index is 0.120. The Morgan fingerprint density at radius 3 is 2.24 bits per heavy atom. The summed E-state index contributed by atoms with van der Waals surface area (Å²) >= 11 is 3.47. The van der Waals surface area contributed by atoms with Gasteiger partial charge in [-0.15, -0.1) is 0 Å². The lowest BCUT2D eigenvalue weighted by atomic mass is 10.1. The molecule has 0 aliphatic rings. The van der Waals surface area contributed by atoms with Gasteiger partial charge in [-0.1, -0.05) is 34.1 Å². The number of nitrogens with zero attached hydrogens (tertiary/aromatic N) is 1. The van der Waals surface area contributed by atoms with Crippen molar-refractivity contribution in [1.82, 2.24) is 4.57 Å². The third-order valence-corrected chi connectivity index (χ3v) is 4.69. The highest BCUT2D eigenvalue weighted by Gasteiger charge is 2.13. The van der Waals surface area contributed by atoms with Gasteiger partial charge in [0.15, 0.2) is 0 Å². The molecule has 0 aliphatic carbocycles. The van der Waals surface area contributed by atoms with E-state index in [2.05, 4.69) is 70.7 Å². The molecule has 0 unspecified atom stereocenters. The fraction of sp³-hybridized carbons (Fsp3) is 0.190. The first kappa shape index (κ1) is 17.5. The van der Waals surface area contributed by atoms with E-state index >= 15 is 0 Å². The summed E-state index contributed by atoms with van der Waals surface area (Å²) in [5, 5.41) is 9.06. The van der Waals surface area contributed by atoms with Gasteiger partial charge in [-0.05, 0) is 73.4 Å². The molecular weight excluding hydrogens is 378 g/mol. The van der Waals surface area contributed by atoms with Crippen molar-refractivity contribution in [2.24, 2.45) is 0 Å². The van der Waals surface area contributed by atoms with Crippen molar-refractivity contribution < 1.29 is 9.90 Å². The Hall–Kier alpha value is -2.33. The third kappa shape index (κ3) is 4.02. The van der Waals surface area contributed by atoms with E-state index in [0.717, 1.165) is 27.1 Å². The van der Waals surface area contributed by atoms with Gasteiger partial charge >= 0.3 is 5.97 Å². The molecule has 1 heterocycles. The van der Waals surface area contributed by atoms with Gasteiger partial charge in [0.05, 0.1) is 12.1 Å². The molecule has 0 atom stereocenters. The average molecular weight is 398 g/mol. The Kier molecular flexibility index (Phi) is 5.09. The SMILES string of the molecule is Cc1cc(C)cc(-n2c(CCC(=O)O)ccc2-c2ccc(Br)cc2)c1. The zero-order valence-electron chi connectivity index (χ0n) is 14.3. The smallest absolute Gasteiger partial charge is 0.303 e. The molecular formula is C21H20BrNO2. The van der Waals surface area contributed by atoms with Crippen LogP contribution < -0.4 is 0 Å². The molecule has 2 aromatic carbocycles. The van der Waals surface area contributed by atoms with Gasteiger partial charge in [0.1, 0.15) is 0 Å². The van der Waals surface area contributed by atoms with Gasteiger partial charge in [0, 0.05) is 15.9 Å². The van der Waals surface area contributed by atoms with Crippen molar-refractivity contribution >= 4 is 21.9 Å². The number of aliphatic carboxylic acids is 1. The molecule has 0 saturated carbocycles. The van der Waals surface area contributed by atoms with E-state index in [4.69, 9.17) is 5.11 Å². The number of benzene rings is 2. The summed E-state index contributed by atoms with van der Waals surface area (Å²) in [6, 6.07) is 18.7. The molecule has 3 rings (SSSR count). The van der Waals surface area contributed by atoms with E-state index in [0.29, 0.717) is 6.42 Å². The highest BCUT2D eigenvalue weighted by Crippen LogP contribution is 2.29. The summed E-state index contributed by atoms with van der Waals surface area (Å²) < 4.78 is 3.21. The number of carboxylic acids is 1. The van der Waals surface area contributed by atoms with E-state index in [-0.39, 0.29) is 6.42 Å². The van der Waals surface area contributed by atoms with Crippen LogP contribution >= 0.6 is 15.9 Å². The van der Waals surface area contributed by atoms with Gasteiger partial charge < -0.3 is 9.67 Å². The van der Waals surface area contributed by atoms with Crippen molar-refractivity contribution in [3.8, 4) is 16.9 Å². The maximum atomic E-state index is 11.0. The van der Waals surface area contributed by atoms with Crippen LogP contribution in [0.5, 0.6) is 0 Å². The summed E-state index contributed by atoms with van der Waals surface area (Å²) in [7, 11) is 0. The summed E-state index contributed by atoms with van der Waals surface area (Å²) in [4.78, 5) is 11.0. The van der Waals surface area contributed by atoms with Crippen molar-refractivity contribution in [3.63, 3.8) is 0 Å². The zero-order valence-corrected chi connectivity index (χ0v) is 15.9. The first-order chi connectivity index (χ1) is 11.9. The Morgan fingerprint density at radius 2 is 1.64 bits per heavy atom. The number of halogens is 1. The lowest BCUT2D eigenvalue weighted by Gasteiger charge is -2.15. The van der Waals surface area contributed by atoms with Gasteiger partial charge in [-0.25, -0.2) is 0 Å². The maximum absolute atomic E-state index is 11.0. The van der Waals surface area contributed by atoms with Crippen molar-refractivity contribution in [2.45, 2.75) is 26.7 Å². The molecule has 0 aliphatic heterocycles.